The Morgan fingerprint density at radius 2 is 2.00 bits per heavy atom. The molecule has 3 fully saturated rings. The molecule has 1 aromatic heterocycles. The molecule has 3 atom stereocenters. The van der Waals surface area contributed by atoms with Gasteiger partial charge in [-0.2, -0.15) is 0 Å². The second-order valence-electron chi connectivity index (χ2n) is 8.30. The molecule has 2 aliphatic carbocycles. The molecule has 2 heterocycles. The summed E-state index contributed by atoms with van der Waals surface area (Å²) in [6, 6.07) is 0.842. The topological polar surface area (TPSA) is 61.6 Å². The van der Waals surface area contributed by atoms with Gasteiger partial charge in [0.2, 0.25) is 0 Å². The van der Waals surface area contributed by atoms with Gasteiger partial charge in [-0.15, -0.1) is 40.8 Å². The van der Waals surface area contributed by atoms with E-state index in [2.05, 4.69) is 31.9 Å². The number of aromatic nitrogens is 3. The number of nitrogens with one attached hydrogen (secondary N) is 1. The van der Waals surface area contributed by atoms with Crippen molar-refractivity contribution in [1.29, 1.82) is 0 Å². The minimum Gasteiger partial charge on any atom is -0.353 e. The number of guanidine groups is 1. The van der Waals surface area contributed by atoms with Crippen LogP contribution in [0.1, 0.15) is 37.3 Å². The highest BCUT2D eigenvalue weighted by molar-refractivity contribution is 14.0. The second kappa shape index (κ2) is 9.56. The highest BCUT2D eigenvalue weighted by atomic mass is 127. The number of hydrogen-bond acceptors (Lipinski definition) is 4. The summed E-state index contributed by atoms with van der Waals surface area (Å²) < 4.78 is 2.00. The monoisotopic (exact) mass is 499 g/mol. The van der Waals surface area contributed by atoms with E-state index in [1.54, 1.807) is 0 Å². The fourth-order valence-electron chi connectivity index (χ4n) is 5.09. The summed E-state index contributed by atoms with van der Waals surface area (Å²) in [4.78, 5) is 9.96. The summed E-state index contributed by atoms with van der Waals surface area (Å²) >= 11 is 0. The zero-order valence-corrected chi connectivity index (χ0v) is 19.5. The predicted molar refractivity (Wildman–Crippen MR) is 123 cm³/mol. The third-order valence-electron chi connectivity index (χ3n) is 6.74. The van der Waals surface area contributed by atoms with Gasteiger partial charge in [-0.1, -0.05) is 12.5 Å². The van der Waals surface area contributed by atoms with Crippen molar-refractivity contribution in [2.24, 2.45) is 23.9 Å². The molecule has 3 aliphatic rings. The van der Waals surface area contributed by atoms with Crippen molar-refractivity contribution in [2.45, 2.75) is 45.2 Å². The quantitative estimate of drug-likeness (QED) is 0.291. The highest BCUT2D eigenvalue weighted by Gasteiger charge is 2.42. The van der Waals surface area contributed by atoms with Crippen molar-refractivity contribution in [3.63, 3.8) is 0 Å². The molecule has 4 rings (SSSR count). The maximum atomic E-state index is 4.83. The van der Waals surface area contributed by atoms with E-state index in [1.807, 2.05) is 24.6 Å². The van der Waals surface area contributed by atoms with E-state index in [4.69, 9.17) is 4.99 Å². The second-order valence-corrected chi connectivity index (χ2v) is 8.30. The SMILES string of the molecule is C=CCNC(=NCc1nnc(C)n1C)N1CCN(C2CC3CCC2C3)CC1.I. The summed E-state index contributed by atoms with van der Waals surface area (Å²) in [7, 11) is 1.99. The van der Waals surface area contributed by atoms with E-state index < -0.39 is 0 Å². The third kappa shape index (κ3) is 4.53. The minimum atomic E-state index is 0. The molecule has 0 radical (unpaired) electrons. The molecule has 1 aromatic rings. The van der Waals surface area contributed by atoms with Crippen LogP contribution in [0.4, 0.5) is 0 Å². The van der Waals surface area contributed by atoms with E-state index in [0.717, 1.165) is 68.2 Å². The number of aryl methyl sites for hydroxylation is 1. The number of halogens is 1. The first-order valence-corrected chi connectivity index (χ1v) is 10.4. The van der Waals surface area contributed by atoms with Crippen LogP contribution in [0, 0.1) is 18.8 Å². The number of aliphatic imine (C=N–C) groups is 1. The van der Waals surface area contributed by atoms with Gasteiger partial charge < -0.3 is 14.8 Å². The van der Waals surface area contributed by atoms with Crippen LogP contribution in [0.2, 0.25) is 0 Å². The lowest BCUT2D eigenvalue weighted by atomic mass is 9.93. The molecule has 1 aliphatic heterocycles. The van der Waals surface area contributed by atoms with Crippen molar-refractivity contribution in [1.82, 2.24) is 29.9 Å². The number of nitrogens with zero attached hydrogens (tertiary/aromatic N) is 6. The van der Waals surface area contributed by atoms with Gasteiger partial charge in [0.25, 0.3) is 0 Å². The lowest BCUT2D eigenvalue weighted by molar-refractivity contribution is 0.0958. The van der Waals surface area contributed by atoms with Crippen LogP contribution in [-0.4, -0.2) is 69.3 Å². The molecule has 156 valence electrons. The fraction of sp³-hybridized carbons (Fsp3) is 0.750. The van der Waals surface area contributed by atoms with E-state index >= 15 is 0 Å². The summed E-state index contributed by atoms with van der Waals surface area (Å²) in [6.45, 7) is 11.4. The predicted octanol–water partition coefficient (Wildman–Crippen LogP) is 2.18. The van der Waals surface area contributed by atoms with Crippen LogP contribution in [0.25, 0.3) is 0 Å². The fourth-order valence-corrected chi connectivity index (χ4v) is 5.09. The van der Waals surface area contributed by atoms with Crippen molar-refractivity contribution >= 4 is 29.9 Å². The summed E-state index contributed by atoms with van der Waals surface area (Å²) in [5, 5.41) is 11.8. The Morgan fingerprint density at radius 1 is 1.21 bits per heavy atom. The van der Waals surface area contributed by atoms with Gasteiger partial charge in [0.1, 0.15) is 12.4 Å². The van der Waals surface area contributed by atoms with Gasteiger partial charge in [0, 0.05) is 45.8 Å². The summed E-state index contributed by atoms with van der Waals surface area (Å²) in [5.74, 6) is 4.75. The molecule has 0 aromatic carbocycles. The molecule has 1 N–H and O–H groups in total. The molecule has 28 heavy (non-hydrogen) atoms. The van der Waals surface area contributed by atoms with Gasteiger partial charge in [0.05, 0.1) is 0 Å². The minimum absolute atomic E-state index is 0. The molecule has 2 bridgehead atoms. The number of hydrogen-bond donors (Lipinski definition) is 1. The van der Waals surface area contributed by atoms with Gasteiger partial charge in [-0.3, -0.25) is 4.90 Å². The van der Waals surface area contributed by atoms with Crippen LogP contribution in [0.3, 0.4) is 0 Å². The first-order chi connectivity index (χ1) is 13.2. The summed E-state index contributed by atoms with van der Waals surface area (Å²) in [6.07, 6.45) is 7.74. The zero-order chi connectivity index (χ0) is 18.8. The third-order valence-corrected chi connectivity index (χ3v) is 6.74. The molecule has 0 spiro atoms. The zero-order valence-electron chi connectivity index (χ0n) is 17.2. The lowest BCUT2D eigenvalue weighted by Gasteiger charge is -2.42. The van der Waals surface area contributed by atoms with Crippen LogP contribution in [0.15, 0.2) is 17.6 Å². The number of rotatable bonds is 5. The van der Waals surface area contributed by atoms with Gasteiger partial charge >= 0.3 is 0 Å². The van der Waals surface area contributed by atoms with Crippen LogP contribution in [-0.2, 0) is 13.6 Å². The van der Waals surface area contributed by atoms with E-state index in [9.17, 15) is 0 Å². The highest BCUT2D eigenvalue weighted by Crippen LogP contribution is 2.46. The van der Waals surface area contributed by atoms with Crippen molar-refractivity contribution in [3.05, 3.63) is 24.3 Å². The Hall–Kier alpha value is -1.16. The van der Waals surface area contributed by atoms with E-state index in [1.165, 1.54) is 25.7 Å². The molecule has 7 nitrogen and oxygen atoms in total. The van der Waals surface area contributed by atoms with Crippen LogP contribution < -0.4 is 5.32 Å². The maximum absolute atomic E-state index is 4.83. The smallest absolute Gasteiger partial charge is 0.194 e. The molecule has 1 saturated heterocycles. The van der Waals surface area contributed by atoms with Crippen LogP contribution in [0.5, 0.6) is 0 Å². The molecule has 0 amide bonds. The normalized spacial score (nSPS) is 27.7. The molecule has 2 saturated carbocycles. The largest absolute Gasteiger partial charge is 0.353 e. The average Bonchev–Trinajstić information content (AvgIpc) is 3.40. The van der Waals surface area contributed by atoms with Crippen molar-refractivity contribution in [2.75, 3.05) is 32.7 Å². The Morgan fingerprint density at radius 3 is 2.57 bits per heavy atom. The Labute approximate surface area is 185 Å². The molecule has 8 heteroatoms. The van der Waals surface area contributed by atoms with Crippen molar-refractivity contribution < 1.29 is 0 Å². The van der Waals surface area contributed by atoms with Crippen LogP contribution >= 0.6 is 24.0 Å². The maximum Gasteiger partial charge on any atom is 0.194 e. The number of fused-ring (bicyclic) bond motifs is 2. The van der Waals surface area contributed by atoms with Gasteiger partial charge in [0.15, 0.2) is 11.8 Å². The average molecular weight is 499 g/mol. The molecular formula is C20H34IN7. The van der Waals surface area contributed by atoms with Gasteiger partial charge in [-0.25, -0.2) is 4.99 Å². The standard InChI is InChI=1S/C20H33N7.HI/c1-4-7-21-20(22-14-19-24-23-15(2)25(19)3)27-10-8-26(9-11-27)18-13-16-5-6-17(18)12-16;/h4,16-18H,1,5-14H2,2-3H3,(H,21,22);1H. The number of piperazine rings is 1. The molecule has 3 unspecified atom stereocenters. The van der Waals surface area contributed by atoms with E-state index in [0.29, 0.717) is 6.54 Å². The Bertz CT molecular complexity index is 693. The Kier molecular flexibility index (Phi) is 7.36. The van der Waals surface area contributed by atoms with Crippen molar-refractivity contribution in [3.8, 4) is 0 Å². The lowest BCUT2D eigenvalue weighted by Crippen LogP contribution is -2.55. The molecular weight excluding hydrogens is 465 g/mol. The first-order valence-electron chi connectivity index (χ1n) is 10.4. The summed E-state index contributed by atoms with van der Waals surface area (Å²) in [5.41, 5.74) is 0. The van der Waals surface area contributed by atoms with Gasteiger partial charge in [-0.05, 0) is 38.0 Å². The Balaban J connectivity index is 0.00000225. The first kappa shape index (κ1) is 21.5. The van der Waals surface area contributed by atoms with E-state index in [-0.39, 0.29) is 24.0 Å².